The van der Waals surface area contributed by atoms with Gasteiger partial charge in [0, 0.05) is 29.7 Å². The molecular formula is C18H23ClN4O. The van der Waals surface area contributed by atoms with Gasteiger partial charge in [0.05, 0.1) is 5.69 Å². The van der Waals surface area contributed by atoms with Crippen molar-refractivity contribution in [2.45, 2.75) is 32.2 Å². The molecule has 2 N–H and O–H groups in total. The van der Waals surface area contributed by atoms with Gasteiger partial charge in [0.2, 0.25) is 0 Å². The minimum absolute atomic E-state index is 0.118. The number of hydrogen-bond acceptors (Lipinski definition) is 3. The molecule has 6 heteroatoms. The van der Waals surface area contributed by atoms with Crippen LogP contribution in [0.4, 0.5) is 0 Å². The molecule has 0 aliphatic carbocycles. The standard InChI is InChI=1S/C18H23ClN4O/c1-13-4-2-3-10-23(13)11-9-20-18(24)17-12-16(21-22-17)14-5-7-15(19)8-6-14/h5-8,12-13H,2-4,9-11H2,1H3,(H,20,24)(H,21,22)/t13-/m1/s1. The lowest BCUT2D eigenvalue weighted by atomic mass is 10.0. The summed E-state index contributed by atoms with van der Waals surface area (Å²) >= 11 is 5.89. The van der Waals surface area contributed by atoms with Crippen LogP contribution < -0.4 is 5.32 Å². The number of rotatable bonds is 5. The van der Waals surface area contributed by atoms with Crippen LogP contribution in [0.3, 0.4) is 0 Å². The maximum atomic E-state index is 12.2. The normalized spacial score (nSPS) is 18.5. The highest BCUT2D eigenvalue weighted by molar-refractivity contribution is 6.30. The molecule has 1 aliphatic heterocycles. The second kappa shape index (κ2) is 7.81. The quantitative estimate of drug-likeness (QED) is 0.873. The molecule has 1 atom stereocenters. The van der Waals surface area contributed by atoms with E-state index < -0.39 is 0 Å². The van der Waals surface area contributed by atoms with E-state index in [1.807, 2.05) is 24.3 Å². The van der Waals surface area contributed by atoms with Gasteiger partial charge in [0.15, 0.2) is 0 Å². The van der Waals surface area contributed by atoms with Gasteiger partial charge >= 0.3 is 0 Å². The van der Waals surface area contributed by atoms with Crippen LogP contribution in [0.5, 0.6) is 0 Å². The van der Waals surface area contributed by atoms with Crippen molar-refractivity contribution in [3.05, 3.63) is 41.0 Å². The van der Waals surface area contributed by atoms with Gasteiger partial charge < -0.3 is 5.32 Å². The van der Waals surface area contributed by atoms with E-state index in [1.54, 1.807) is 6.07 Å². The van der Waals surface area contributed by atoms with Gasteiger partial charge in [-0.05, 0) is 44.5 Å². The fourth-order valence-corrected chi connectivity index (χ4v) is 3.23. The lowest BCUT2D eigenvalue weighted by molar-refractivity contribution is 0.0933. The number of aromatic nitrogens is 2. The smallest absolute Gasteiger partial charge is 0.269 e. The number of H-pyrrole nitrogens is 1. The fourth-order valence-electron chi connectivity index (χ4n) is 3.10. The van der Waals surface area contributed by atoms with Crippen LogP contribution in [0.15, 0.2) is 30.3 Å². The molecule has 5 nitrogen and oxygen atoms in total. The van der Waals surface area contributed by atoms with Crippen molar-refractivity contribution in [1.82, 2.24) is 20.4 Å². The predicted octanol–water partition coefficient (Wildman–Crippen LogP) is 3.33. The first kappa shape index (κ1) is 17.0. The molecule has 0 radical (unpaired) electrons. The number of nitrogens with one attached hydrogen (secondary N) is 2. The topological polar surface area (TPSA) is 61.0 Å². The maximum Gasteiger partial charge on any atom is 0.269 e. The van der Waals surface area contributed by atoms with Gasteiger partial charge in [0.25, 0.3) is 5.91 Å². The summed E-state index contributed by atoms with van der Waals surface area (Å²) in [6, 6.07) is 9.77. The van der Waals surface area contributed by atoms with Gasteiger partial charge in [-0.3, -0.25) is 14.8 Å². The van der Waals surface area contributed by atoms with Crippen LogP contribution in [0.2, 0.25) is 5.02 Å². The monoisotopic (exact) mass is 346 g/mol. The Kier molecular flexibility index (Phi) is 5.53. The third-order valence-electron chi connectivity index (χ3n) is 4.59. The van der Waals surface area contributed by atoms with E-state index in [9.17, 15) is 4.79 Å². The van der Waals surface area contributed by atoms with E-state index >= 15 is 0 Å². The molecule has 1 amide bonds. The zero-order valence-electron chi connectivity index (χ0n) is 13.9. The van der Waals surface area contributed by atoms with Crippen molar-refractivity contribution >= 4 is 17.5 Å². The van der Waals surface area contributed by atoms with Gasteiger partial charge in [-0.15, -0.1) is 0 Å². The van der Waals surface area contributed by atoms with Gasteiger partial charge in [0.1, 0.15) is 5.69 Å². The molecule has 0 saturated carbocycles. The highest BCUT2D eigenvalue weighted by atomic mass is 35.5. The molecule has 1 saturated heterocycles. The number of halogens is 1. The van der Waals surface area contributed by atoms with E-state index in [0.29, 0.717) is 23.3 Å². The van der Waals surface area contributed by atoms with Crippen LogP contribution >= 0.6 is 11.6 Å². The zero-order valence-corrected chi connectivity index (χ0v) is 14.6. The average Bonchev–Trinajstić information content (AvgIpc) is 3.07. The summed E-state index contributed by atoms with van der Waals surface area (Å²) in [4.78, 5) is 14.7. The van der Waals surface area contributed by atoms with Crippen molar-refractivity contribution in [3.63, 3.8) is 0 Å². The zero-order chi connectivity index (χ0) is 16.9. The van der Waals surface area contributed by atoms with Crippen molar-refractivity contribution < 1.29 is 4.79 Å². The molecule has 1 aromatic heterocycles. The molecule has 2 aromatic rings. The number of piperidine rings is 1. The number of carbonyl (C=O) groups excluding carboxylic acids is 1. The number of carbonyl (C=O) groups is 1. The minimum atomic E-state index is -0.118. The summed E-state index contributed by atoms with van der Waals surface area (Å²) in [6.45, 7) is 4.93. The first-order valence-electron chi connectivity index (χ1n) is 8.47. The first-order valence-corrected chi connectivity index (χ1v) is 8.85. The van der Waals surface area contributed by atoms with Crippen LogP contribution in [-0.2, 0) is 0 Å². The molecular weight excluding hydrogens is 324 g/mol. The number of aromatic amines is 1. The molecule has 2 heterocycles. The Morgan fingerprint density at radius 2 is 2.17 bits per heavy atom. The second-order valence-electron chi connectivity index (χ2n) is 6.31. The molecule has 1 aliphatic rings. The van der Waals surface area contributed by atoms with Crippen molar-refractivity contribution in [2.24, 2.45) is 0 Å². The molecule has 128 valence electrons. The highest BCUT2D eigenvalue weighted by Gasteiger charge is 2.18. The lowest BCUT2D eigenvalue weighted by Crippen LogP contribution is -2.42. The van der Waals surface area contributed by atoms with E-state index in [4.69, 9.17) is 11.6 Å². The van der Waals surface area contributed by atoms with Crippen LogP contribution in [0.1, 0.15) is 36.7 Å². The molecule has 1 fully saturated rings. The Hall–Kier alpha value is -1.85. The van der Waals surface area contributed by atoms with E-state index in [0.717, 1.165) is 24.3 Å². The average molecular weight is 347 g/mol. The van der Waals surface area contributed by atoms with Crippen molar-refractivity contribution in [2.75, 3.05) is 19.6 Å². The second-order valence-corrected chi connectivity index (χ2v) is 6.75. The molecule has 0 spiro atoms. The molecule has 1 aromatic carbocycles. The number of amides is 1. The Morgan fingerprint density at radius 1 is 1.38 bits per heavy atom. The summed E-state index contributed by atoms with van der Waals surface area (Å²) in [5, 5.41) is 10.7. The molecule has 0 bridgehead atoms. The van der Waals surface area contributed by atoms with Crippen LogP contribution in [0, 0.1) is 0 Å². The lowest BCUT2D eigenvalue weighted by Gasteiger charge is -2.33. The number of benzene rings is 1. The molecule has 0 unspecified atom stereocenters. The first-order chi connectivity index (χ1) is 11.6. The maximum absolute atomic E-state index is 12.2. The van der Waals surface area contributed by atoms with E-state index in [2.05, 4.69) is 27.3 Å². The Balaban J connectivity index is 1.53. The summed E-state index contributed by atoms with van der Waals surface area (Å²) in [5.74, 6) is -0.118. The Labute approximate surface area is 147 Å². The minimum Gasteiger partial charge on any atom is -0.349 e. The third-order valence-corrected chi connectivity index (χ3v) is 4.84. The van der Waals surface area contributed by atoms with Crippen LogP contribution in [0.25, 0.3) is 11.3 Å². The van der Waals surface area contributed by atoms with Gasteiger partial charge in [-0.25, -0.2) is 0 Å². The summed E-state index contributed by atoms with van der Waals surface area (Å²) < 4.78 is 0. The third kappa shape index (κ3) is 4.16. The van der Waals surface area contributed by atoms with E-state index in [1.165, 1.54) is 19.3 Å². The van der Waals surface area contributed by atoms with Gasteiger partial charge in [-0.1, -0.05) is 30.2 Å². The number of hydrogen-bond donors (Lipinski definition) is 2. The fraction of sp³-hybridized carbons (Fsp3) is 0.444. The largest absolute Gasteiger partial charge is 0.349 e. The highest BCUT2D eigenvalue weighted by Crippen LogP contribution is 2.20. The van der Waals surface area contributed by atoms with Crippen molar-refractivity contribution in [1.29, 1.82) is 0 Å². The molecule has 3 rings (SSSR count). The molecule has 24 heavy (non-hydrogen) atoms. The number of likely N-dealkylation sites (tertiary alicyclic amines) is 1. The summed E-state index contributed by atoms with van der Waals surface area (Å²) in [6.07, 6.45) is 3.81. The number of nitrogens with zero attached hydrogens (tertiary/aromatic N) is 2. The Morgan fingerprint density at radius 3 is 2.92 bits per heavy atom. The van der Waals surface area contributed by atoms with Gasteiger partial charge in [-0.2, -0.15) is 5.10 Å². The SMILES string of the molecule is C[C@@H]1CCCCN1CCNC(=O)c1cc(-c2ccc(Cl)cc2)n[nH]1. The predicted molar refractivity (Wildman–Crippen MR) is 96.3 cm³/mol. The van der Waals surface area contributed by atoms with E-state index in [-0.39, 0.29) is 5.91 Å². The van der Waals surface area contributed by atoms with Crippen LogP contribution in [-0.4, -0.2) is 46.7 Å². The summed E-state index contributed by atoms with van der Waals surface area (Å²) in [7, 11) is 0. The Bertz CT molecular complexity index is 683. The van der Waals surface area contributed by atoms with Crippen molar-refractivity contribution in [3.8, 4) is 11.3 Å². The summed E-state index contributed by atoms with van der Waals surface area (Å²) in [5.41, 5.74) is 2.14.